The first kappa shape index (κ1) is 9.97. The Morgan fingerprint density at radius 2 is 2.13 bits per heavy atom. The van der Waals surface area contributed by atoms with Crippen LogP contribution in [0.3, 0.4) is 0 Å². The molecule has 2 rings (SSSR count). The van der Waals surface area contributed by atoms with Gasteiger partial charge in [-0.05, 0) is 12.1 Å². The van der Waals surface area contributed by atoms with Gasteiger partial charge in [-0.25, -0.2) is 4.79 Å². The van der Waals surface area contributed by atoms with Gasteiger partial charge in [-0.2, -0.15) is 0 Å². The van der Waals surface area contributed by atoms with Crippen LogP contribution in [0.2, 0.25) is 0 Å². The summed E-state index contributed by atoms with van der Waals surface area (Å²) in [5, 5.41) is 2.47. The highest BCUT2D eigenvalue weighted by atomic mass is 32.2. The summed E-state index contributed by atoms with van der Waals surface area (Å²) in [4.78, 5) is 28.5. The number of urea groups is 1. The molecular formula is C9H9N3O2S. The van der Waals surface area contributed by atoms with Crippen molar-refractivity contribution in [3.8, 4) is 0 Å². The number of nitrogens with zero attached hydrogens (tertiary/aromatic N) is 2. The van der Waals surface area contributed by atoms with Crippen molar-refractivity contribution in [2.45, 2.75) is 4.90 Å². The molecule has 1 N–H and O–H groups in total. The fourth-order valence-corrected chi connectivity index (χ4v) is 2.01. The molecule has 78 valence electrons. The van der Waals surface area contributed by atoms with Gasteiger partial charge in [-0.3, -0.25) is 14.7 Å². The van der Waals surface area contributed by atoms with Gasteiger partial charge in [0.1, 0.15) is 0 Å². The largest absolute Gasteiger partial charge is 0.329 e. The number of thioether (sulfide) groups is 1. The lowest BCUT2D eigenvalue weighted by atomic mass is 10.5. The third-order valence-corrected chi connectivity index (χ3v) is 2.94. The first-order valence-electron chi connectivity index (χ1n) is 4.38. The number of hydrogen-bond acceptors (Lipinski definition) is 4. The molecule has 2 heterocycles. The van der Waals surface area contributed by atoms with Crippen molar-refractivity contribution in [1.29, 1.82) is 0 Å². The van der Waals surface area contributed by atoms with E-state index in [1.54, 1.807) is 12.4 Å². The molecule has 1 aromatic heterocycles. The van der Waals surface area contributed by atoms with Crippen molar-refractivity contribution in [1.82, 2.24) is 15.2 Å². The maximum absolute atomic E-state index is 11.2. The average Bonchev–Trinajstić information content (AvgIpc) is 2.58. The summed E-state index contributed by atoms with van der Waals surface area (Å²) in [6, 6.07) is 3.35. The normalized spacial score (nSPS) is 15.6. The zero-order valence-corrected chi connectivity index (χ0v) is 8.66. The first-order chi connectivity index (χ1) is 7.27. The Balaban J connectivity index is 1.93. The van der Waals surface area contributed by atoms with Gasteiger partial charge in [0.05, 0.1) is 12.4 Å². The van der Waals surface area contributed by atoms with Gasteiger partial charge in [-0.1, -0.05) is 0 Å². The summed E-state index contributed by atoms with van der Waals surface area (Å²) in [7, 11) is 0. The summed E-state index contributed by atoms with van der Waals surface area (Å²) < 4.78 is 0. The summed E-state index contributed by atoms with van der Waals surface area (Å²) in [5.41, 5.74) is 0. The molecule has 6 heteroatoms. The molecule has 0 bridgehead atoms. The van der Waals surface area contributed by atoms with Crippen LogP contribution in [-0.4, -0.2) is 34.2 Å². The average molecular weight is 223 g/mol. The monoisotopic (exact) mass is 223 g/mol. The molecule has 0 unspecified atom stereocenters. The zero-order chi connectivity index (χ0) is 10.7. The molecular weight excluding hydrogens is 214 g/mol. The number of nitrogens with one attached hydrogen (secondary N) is 1. The molecule has 5 nitrogen and oxygen atoms in total. The Morgan fingerprint density at radius 1 is 1.40 bits per heavy atom. The maximum atomic E-state index is 11.2. The van der Waals surface area contributed by atoms with E-state index in [2.05, 4.69) is 10.3 Å². The highest BCUT2D eigenvalue weighted by molar-refractivity contribution is 7.99. The molecule has 0 radical (unpaired) electrons. The zero-order valence-electron chi connectivity index (χ0n) is 7.84. The smallest absolute Gasteiger partial charge is 0.325 e. The molecule has 0 aromatic carbocycles. The number of rotatable bonds is 3. The summed E-state index contributed by atoms with van der Waals surface area (Å²) in [5.74, 6) is 0.163. The van der Waals surface area contributed by atoms with Crippen LogP contribution in [-0.2, 0) is 4.79 Å². The SMILES string of the molecule is O=C1CNC(=O)N1CSc1ccncc1. The highest BCUT2D eigenvalue weighted by Gasteiger charge is 2.27. The van der Waals surface area contributed by atoms with E-state index < -0.39 is 0 Å². The van der Waals surface area contributed by atoms with E-state index in [1.165, 1.54) is 16.7 Å². The Labute approximate surface area is 90.9 Å². The Kier molecular flexibility index (Phi) is 2.86. The van der Waals surface area contributed by atoms with Crippen molar-refractivity contribution < 1.29 is 9.59 Å². The maximum Gasteiger partial charge on any atom is 0.325 e. The topological polar surface area (TPSA) is 62.3 Å². The fraction of sp³-hybridized carbons (Fsp3) is 0.222. The number of pyridine rings is 1. The van der Waals surface area contributed by atoms with Crippen LogP contribution in [0.4, 0.5) is 4.79 Å². The first-order valence-corrected chi connectivity index (χ1v) is 5.37. The lowest BCUT2D eigenvalue weighted by Gasteiger charge is -2.10. The van der Waals surface area contributed by atoms with Crippen LogP contribution in [0.25, 0.3) is 0 Å². The molecule has 0 saturated carbocycles. The van der Waals surface area contributed by atoms with E-state index in [0.29, 0.717) is 5.88 Å². The van der Waals surface area contributed by atoms with Crippen LogP contribution in [0.15, 0.2) is 29.4 Å². The third-order valence-electron chi connectivity index (χ3n) is 1.95. The lowest BCUT2D eigenvalue weighted by Crippen LogP contribution is -2.30. The van der Waals surface area contributed by atoms with Gasteiger partial charge in [0.2, 0.25) is 0 Å². The van der Waals surface area contributed by atoms with Gasteiger partial charge in [0.15, 0.2) is 0 Å². The van der Waals surface area contributed by atoms with Crippen LogP contribution >= 0.6 is 11.8 Å². The van der Waals surface area contributed by atoms with Crippen molar-refractivity contribution in [2.24, 2.45) is 0 Å². The molecule has 0 spiro atoms. The van der Waals surface area contributed by atoms with Crippen LogP contribution in [0.1, 0.15) is 0 Å². The second kappa shape index (κ2) is 4.31. The van der Waals surface area contributed by atoms with Crippen LogP contribution in [0.5, 0.6) is 0 Å². The predicted molar refractivity (Wildman–Crippen MR) is 55.2 cm³/mol. The van der Waals surface area contributed by atoms with Gasteiger partial charge in [0, 0.05) is 17.3 Å². The molecule has 1 fully saturated rings. The number of carbonyl (C=O) groups excluding carboxylic acids is 2. The Hall–Kier alpha value is -1.56. The Morgan fingerprint density at radius 3 is 2.73 bits per heavy atom. The molecule has 1 aromatic rings. The quantitative estimate of drug-likeness (QED) is 0.604. The van der Waals surface area contributed by atoms with E-state index in [-0.39, 0.29) is 18.5 Å². The highest BCUT2D eigenvalue weighted by Crippen LogP contribution is 2.18. The van der Waals surface area contributed by atoms with Gasteiger partial charge < -0.3 is 5.32 Å². The van der Waals surface area contributed by atoms with Crippen molar-refractivity contribution >= 4 is 23.7 Å². The summed E-state index contributed by atoms with van der Waals surface area (Å²) >= 11 is 1.43. The minimum absolute atomic E-state index is 0.107. The van der Waals surface area contributed by atoms with E-state index in [4.69, 9.17) is 0 Å². The second-order valence-electron chi connectivity index (χ2n) is 2.94. The number of carbonyl (C=O) groups is 2. The van der Waals surface area contributed by atoms with E-state index in [1.807, 2.05) is 12.1 Å². The molecule has 1 aliphatic heterocycles. The van der Waals surface area contributed by atoms with Crippen LogP contribution in [0, 0.1) is 0 Å². The number of aromatic nitrogens is 1. The van der Waals surface area contributed by atoms with Crippen LogP contribution < -0.4 is 5.32 Å². The third kappa shape index (κ3) is 2.27. The lowest BCUT2D eigenvalue weighted by molar-refractivity contribution is -0.124. The minimum atomic E-state index is -0.318. The van der Waals surface area contributed by atoms with E-state index in [0.717, 1.165) is 4.90 Å². The van der Waals surface area contributed by atoms with Crippen molar-refractivity contribution in [3.63, 3.8) is 0 Å². The molecule has 0 aliphatic carbocycles. The van der Waals surface area contributed by atoms with Gasteiger partial charge in [0.25, 0.3) is 5.91 Å². The number of imide groups is 1. The number of hydrogen-bond donors (Lipinski definition) is 1. The summed E-state index contributed by atoms with van der Waals surface area (Å²) in [6.45, 7) is 0.107. The molecule has 3 amide bonds. The molecule has 1 aliphatic rings. The predicted octanol–water partition coefficient (Wildman–Crippen LogP) is 0.683. The van der Waals surface area contributed by atoms with Gasteiger partial charge >= 0.3 is 6.03 Å². The Bertz CT molecular complexity index is 366. The number of amides is 3. The van der Waals surface area contributed by atoms with Crippen molar-refractivity contribution in [3.05, 3.63) is 24.5 Å². The van der Waals surface area contributed by atoms with Crippen molar-refractivity contribution in [2.75, 3.05) is 12.4 Å². The minimum Gasteiger partial charge on any atom is -0.329 e. The molecule has 0 atom stereocenters. The van der Waals surface area contributed by atoms with Gasteiger partial charge in [-0.15, -0.1) is 11.8 Å². The molecule has 1 saturated heterocycles. The fourth-order valence-electron chi connectivity index (χ4n) is 1.16. The molecule has 15 heavy (non-hydrogen) atoms. The second-order valence-corrected chi connectivity index (χ2v) is 3.96. The standard InChI is InChI=1S/C9H9N3O2S/c13-8-5-11-9(14)12(8)6-15-7-1-3-10-4-2-7/h1-4H,5-6H2,(H,11,14). The van der Waals surface area contributed by atoms with E-state index in [9.17, 15) is 9.59 Å². The van der Waals surface area contributed by atoms with E-state index >= 15 is 0 Å². The summed E-state index contributed by atoms with van der Waals surface area (Å²) in [6.07, 6.45) is 3.35.